The molecular weight excluding hydrogens is 268 g/mol. The number of fused-ring (bicyclic) bond motifs is 1. The average molecular weight is 280 g/mol. The smallest absolute Gasteiger partial charge is 0.326 e. The minimum Gasteiger partial charge on any atom is -0.480 e. The van der Waals surface area contributed by atoms with Crippen LogP contribution in [0, 0.1) is 10.1 Å². The van der Waals surface area contributed by atoms with Crippen LogP contribution in [0.5, 0.6) is 0 Å². The van der Waals surface area contributed by atoms with Gasteiger partial charge in [-0.05, 0) is 22.8 Å². The second-order valence-corrected chi connectivity index (χ2v) is 4.20. The van der Waals surface area contributed by atoms with E-state index in [1.807, 2.05) is 0 Å². The third-order valence-corrected chi connectivity index (χ3v) is 3.09. The topological polar surface area (TPSA) is 123 Å². The monoisotopic (exact) mass is 280 g/mol. The molecule has 1 heterocycles. The predicted molar refractivity (Wildman–Crippen MR) is 68.6 cm³/mol. The summed E-state index contributed by atoms with van der Waals surface area (Å²) in [5.41, 5.74) is 0.351. The molecule has 106 valence electrons. The number of hydrogen-bond donors (Lipinski definition) is 1. The molecule has 0 saturated carbocycles. The standard InChI is InChI=1S/C11H12N4O5/c1-3-6(11(16)17)14(2)7-4-5-8(15(18)19)10-9(7)12-20-13-10/h4-6H,3H2,1-2H3,(H,16,17). The van der Waals surface area contributed by atoms with Gasteiger partial charge in [-0.3, -0.25) is 10.1 Å². The zero-order valence-corrected chi connectivity index (χ0v) is 10.8. The van der Waals surface area contributed by atoms with Crippen molar-refractivity contribution in [1.29, 1.82) is 0 Å². The van der Waals surface area contributed by atoms with Crippen molar-refractivity contribution in [2.75, 3.05) is 11.9 Å². The van der Waals surface area contributed by atoms with Crippen LogP contribution in [0.3, 0.4) is 0 Å². The Hall–Kier alpha value is -2.71. The van der Waals surface area contributed by atoms with Gasteiger partial charge in [-0.2, -0.15) is 0 Å². The summed E-state index contributed by atoms with van der Waals surface area (Å²) in [4.78, 5) is 23.0. The van der Waals surface area contributed by atoms with Crippen LogP contribution in [0.25, 0.3) is 11.0 Å². The highest BCUT2D eigenvalue weighted by Crippen LogP contribution is 2.31. The molecule has 1 atom stereocenters. The maximum absolute atomic E-state index is 11.2. The van der Waals surface area contributed by atoms with E-state index in [0.29, 0.717) is 12.1 Å². The van der Waals surface area contributed by atoms with E-state index in [4.69, 9.17) is 5.11 Å². The Balaban J connectivity index is 2.56. The van der Waals surface area contributed by atoms with Gasteiger partial charge in [0.15, 0.2) is 5.52 Å². The van der Waals surface area contributed by atoms with Gasteiger partial charge in [-0.15, -0.1) is 0 Å². The lowest BCUT2D eigenvalue weighted by molar-refractivity contribution is -0.383. The quantitative estimate of drug-likeness (QED) is 0.644. The van der Waals surface area contributed by atoms with Gasteiger partial charge in [0.2, 0.25) is 5.52 Å². The van der Waals surface area contributed by atoms with Crippen LogP contribution >= 0.6 is 0 Å². The second-order valence-electron chi connectivity index (χ2n) is 4.20. The van der Waals surface area contributed by atoms with Gasteiger partial charge in [0, 0.05) is 13.1 Å². The summed E-state index contributed by atoms with van der Waals surface area (Å²) in [6.45, 7) is 1.74. The summed E-state index contributed by atoms with van der Waals surface area (Å²) in [7, 11) is 1.58. The van der Waals surface area contributed by atoms with E-state index in [0.717, 1.165) is 0 Å². The molecule has 0 spiro atoms. The van der Waals surface area contributed by atoms with Crippen LogP contribution in [-0.2, 0) is 4.79 Å². The fourth-order valence-corrected chi connectivity index (χ4v) is 2.05. The van der Waals surface area contributed by atoms with Crippen LogP contribution in [0.2, 0.25) is 0 Å². The van der Waals surface area contributed by atoms with Crippen LogP contribution in [0.4, 0.5) is 11.4 Å². The van der Waals surface area contributed by atoms with E-state index in [1.165, 1.54) is 17.0 Å². The summed E-state index contributed by atoms with van der Waals surface area (Å²) in [6.07, 6.45) is 0.371. The van der Waals surface area contributed by atoms with Gasteiger partial charge in [0.05, 0.1) is 10.6 Å². The molecule has 0 amide bonds. The summed E-state index contributed by atoms with van der Waals surface area (Å²) < 4.78 is 4.54. The van der Waals surface area contributed by atoms with Crippen molar-refractivity contribution >= 4 is 28.4 Å². The number of nitrogens with zero attached hydrogens (tertiary/aromatic N) is 4. The Morgan fingerprint density at radius 1 is 1.50 bits per heavy atom. The van der Waals surface area contributed by atoms with E-state index >= 15 is 0 Å². The number of aliphatic carboxylic acids is 1. The lowest BCUT2D eigenvalue weighted by atomic mass is 10.1. The molecule has 0 fully saturated rings. The van der Waals surface area contributed by atoms with Crippen molar-refractivity contribution in [3.05, 3.63) is 22.2 Å². The number of carbonyl (C=O) groups is 1. The van der Waals surface area contributed by atoms with Crippen molar-refractivity contribution in [2.24, 2.45) is 0 Å². The van der Waals surface area contributed by atoms with Gasteiger partial charge >= 0.3 is 11.7 Å². The molecule has 0 aliphatic rings. The molecule has 1 N–H and O–H groups in total. The highest BCUT2D eigenvalue weighted by atomic mass is 16.6. The molecular formula is C11H12N4O5. The Bertz CT molecular complexity index is 668. The molecule has 2 aromatic rings. The Morgan fingerprint density at radius 3 is 2.70 bits per heavy atom. The number of rotatable bonds is 5. The van der Waals surface area contributed by atoms with Crippen LogP contribution < -0.4 is 4.90 Å². The third kappa shape index (κ3) is 2.13. The number of nitro benzene ring substituents is 1. The number of hydrogen-bond acceptors (Lipinski definition) is 7. The molecule has 9 heteroatoms. The molecule has 0 saturated heterocycles. The van der Waals surface area contributed by atoms with E-state index in [9.17, 15) is 14.9 Å². The Labute approximate surface area is 112 Å². The SMILES string of the molecule is CCC(C(=O)O)N(C)c1ccc([N+](=O)[O-])c2nonc12. The average Bonchev–Trinajstić information content (AvgIpc) is 2.86. The van der Waals surface area contributed by atoms with Crippen molar-refractivity contribution < 1.29 is 19.5 Å². The molecule has 0 bridgehead atoms. The van der Waals surface area contributed by atoms with Crippen LogP contribution in [0.1, 0.15) is 13.3 Å². The number of benzene rings is 1. The normalized spacial score (nSPS) is 12.3. The summed E-state index contributed by atoms with van der Waals surface area (Å²) in [5, 5.41) is 27.2. The molecule has 1 unspecified atom stereocenters. The molecule has 2 rings (SSSR count). The number of nitro groups is 1. The summed E-state index contributed by atoms with van der Waals surface area (Å²) in [5.74, 6) is -0.988. The number of carboxylic acid groups (broad SMARTS) is 1. The van der Waals surface area contributed by atoms with Crippen LogP contribution in [0.15, 0.2) is 16.8 Å². The molecule has 0 radical (unpaired) electrons. The van der Waals surface area contributed by atoms with Gasteiger partial charge in [-0.25, -0.2) is 9.42 Å². The summed E-state index contributed by atoms with van der Waals surface area (Å²) >= 11 is 0. The lowest BCUT2D eigenvalue weighted by Gasteiger charge is -2.25. The Kier molecular flexibility index (Phi) is 3.51. The predicted octanol–water partition coefficient (Wildman–Crippen LogP) is 1.43. The fraction of sp³-hybridized carbons (Fsp3) is 0.364. The first-order valence-corrected chi connectivity index (χ1v) is 5.82. The zero-order chi connectivity index (χ0) is 14.9. The zero-order valence-electron chi connectivity index (χ0n) is 10.8. The lowest BCUT2D eigenvalue weighted by Crippen LogP contribution is -2.38. The minimum atomic E-state index is -0.988. The molecule has 1 aromatic carbocycles. The first-order valence-electron chi connectivity index (χ1n) is 5.82. The Morgan fingerprint density at radius 2 is 2.15 bits per heavy atom. The van der Waals surface area contributed by atoms with E-state index in [-0.39, 0.29) is 16.7 Å². The van der Waals surface area contributed by atoms with Gasteiger partial charge in [0.25, 0.3) is 0 Å². The number of likely N-dealkylation sites (N-methyl/N-ethyl adjacent to an activating group) is 1. The molecule has 1 aromatic heterocycles. The molecule has 0 aliphatic heterocycles. The fourth-order valence-electron chi connectivity index (χ4n) is 2.05. The van der Waals surface area contributed by atoms with Crippen LogP contribution in [-0.4, -0.2) is 39.4 Å². The van der Waals surface area contributed by atoms with Crippen molar-refractivity contribution in [2.45, 2.75) is 19.4 Å². The highest BCUT2D eigenvalue weighted by Gasteiger charge is 2.26. The molecule has 20 heavy (non-hydrogen) atoms. The largest absolute Gasteiger partial charge is 0.480 e. The second kappa shape index (κ2) is 5.11. The van der Waals surface area contributed by atoms with Gasteiger partial charge in [0.1, 0.15) is 6.04 Å². The minimum absolute atomic E-state index is 0.000378. The first kappa shape index (κ1) is 13.7. The van der Waals surface area contributed by atoms with Crippen molar-refractivity contribution in [1.82, 2.24) is 10.3 Å². The van der Waals surface area contributed by atoms with E-state index < -0.39 is 16.9 Å². The van der Waals surface area contributed by atoms with E-state index in [2.05, 4.69) is 14.9 Å². The van der Waals surface area contributed by atoms with Crippen molar-refractivity contribution in [3.63, 3.8) is 0 Å². The highest BCUT2D eigenvalue weighted by molar-refractivity contribution is 5.95. The molecule has 9 nitrogen and oxygen atoms in total. The molecule has 0 aliphatic carbocycles. The number of aromatic nitrogens is 2. The van der Waals surface area contributed by atoms with E-state index in [1.54, 1.807) is 14.0 Å². The summed E-state index contributed by atoms with van der Waals surface area (Å²) in [6, 6.07) is 1.93. The maximum atomic E-state index is 11.2. The first-order chi connectivity index (χ1) is 9.47. The number of carboxylic acids is 1. The third-order valence-electron chi connectivity index (χ3n) is 3.09. The van der Waals surface area contributed by atoms with Crippen molar-refractivity contribution in [3.8, 4) is 0 Å². The maximum Gasteiger partial charge on any atom is 0.326 e. The van der Waals surface area contributed by atoms with Gasteiger partial charge < -0.3 is 10.0 Å². The van der Waals surface area contributed by atoms with Gasteiger partial charge in [-0.1, -0.05) is 6.92 Å². The number of non-ortho nitro benzene ring substituents is 1. The number of anilines is 1.